The molecule has 0 aromatic heterocycles. The summed E-state index contributed by atoms with van der Waals surface area (Å²) in [5.41, 5.74) is 1.26. The van der Waals surface area contributed by atoms with Gasteiger partial charge in [-0.2, -0.15) is 0 Å². The molecule has 0 radical (unpaired) electrons. The Morgan fingerprint density at radius 1 is 1.25 bits per heavy atom. The molecule has 1 atom stereocenters. The number of benzene rings is 1. The van der Waals surface area contributed by atoms with Crippen LogP contribution in [0.15, 0.2) is 30.3 Å². The zero-order valence-corrected chi connectivity index (χ0v) is 11.2. The Kier molecular flexibility index (Phi) is 4.22. The van der Waals surface area contributed by atoms with Crippen LogP contribution in [0.5, 0.6) is 0 Å². The summed E-state index contributed by atoms with van der Waals surface area (Å²) in [5.74, 6) is 2.30. The van der Waals surface area contributed by atoms with Crippen molar-refractivity contribution in [2.75, 3.05) is 11.5 Å². The van der Waals surface area contributed by atoms with E-state index in [4.69, 9.17) is 0 Å². The molecule has 1 aliphatic rings. The molecule has 0 spiro atoms. The molecule has 1 nitrogen and oxygen atoms in total. The Morgan fingerprint density at radius 3 is 2.44 bits per heavy atom. The topological polar surface area (TPSA) is 20.2 Å². The Balaban J connectivity index is 2.34. The molecule has 3 heteroatoms. The van der Waals surface area contributed by atoms with Crippen LogP contribution in [0.4, 0.5) is 0 Å². The van der Waals surface area contributed by atoms with Crippen LogP contribution >= 0.6 is 23.5 Å². The molecule has 1 heterocycles. The number of thioether (sulfide) groups is 2. The number of hydrogen-bond donors (Lipinski definition) is 1. The van der Waals surface area contributed by atoms with Gasteiger partial charge in [0, 0.05) is 0 Å². The summed E-state index contributed by atoms with van der Waals surface area (Å²) in [7, 11) is 0. The SMILES string of the molecule is CCC(O)C1(c2ccccc2)SCCCS1. The number of aliphatic hydroxyl groups is 1. The molecule has 88 valence electrons. The van der Waals surface area contributed by atoms with E-state index < -0.39 is 0 Å². The first-order valence-electron chi connectivity index (χ1n) is 5.81. The number of aliphatic hydroxyl groups excluding tert-OH is 1. The highest BCUT2D eigenvalue weighted by molar-refractivity contribution is 8.18. The molecule has 1 unspecified atom stereocenters. The largest absolute Gasteiger partial charge is 0.390 e. The maximum absolute atomic E-state index is 10.3. The molecule has 0 saturated carbocycles. The lowest BCUT2D eigenvalue weighted by Gasteiger charge is -2.40. The van der Waals surface area contributed by atoms with Gasteiger partial charge in [0.05, 0.1) is 6.10 Å². The fraction of sp³-hybridized carbons (Fsp3) is 0.538. The molecule has 0 aliphatic carbocycles. The summed E-state index contributed by atoms with van der Waals surface area (Å²) in [4.78, 5) is 0. The van der Waals surface area contributed by atoms with Gasteiger partial charge < -0.3 is 5.11 Å². The molecule has 16 heavy (non-hydrogen) atoms. The van der Waals surface area contributed by atoms with Crippen molar-refractivity contribution in [1.29, 1.82) is 0 Å². The van der Waals surface area contributed by atoms with E-state index in [1.807, 2.05) is 29.6 Å². The highest BCUT2D eigenvalue weighted by atomic mass is 32.2. The van der Waals surface area contributed by atoms with E-state index in [1.165, 1.54) is 12.0 Å². The van der Waals surface area contributed by atoms with E-state index >= 15 is 0 Å². The summed E-state index contributed by atoms with van der Waals surface area (Å²) < 4.78 is -0.131. The molecule has 1 aromatic rings. The van der Waals surface area contributed by atoms with E-state index in [0.29, 0.717) is 0 Å². The Morgan fingerprint density at radius 2 is 1.88 bits per heavy atom. The average Bonchev–Trinajstić information content (AvgIpc) is 2.39. The normalized spacial score (nSPS) is 21.6. The number of rotatable bonds is 3. The molecule has 1 fully saturated rings. The van der Waals surface area contributed by atoms with Crippen LogP contribution in [-0.4, -0.2) is 22.7 Å². The zero-order valence-electron chi connectivity index (χ0n) is 9.56. The minimum absolute atomic E-state index is 0.131. The van der Waals surface area contributed by atoms with Gasteiger partial charge in [-0.05, 0) is 29.9 Å². The van der Waals surface area contributed by atoms with E-state index in [-0.39, 0.29) is 10.2 Å². The maximum atomic E-state index is 10.3. The van der Waals surface area contributed by atoms with Crippen LogP contribution in [-0.2, 0) is 4.08 Å². The lowest BCUT2D eigenvalue weighted by molar-refractivity contribution is 0.156. The molecule has 1 aromatic carbocycles. The minimum atomic E-state index is -0.259. The first kappa shape index (κ1) is 12.3. The van der Waals surface area contributed by atoms with Crippen molar-refractivity contribution in [3.63, 3.8) is 0 Å². The van der Waals surface area contributed by atoms with Gasteiger partial charge in [0.1, 0.15) is 4.08 Å². The molecule has 2 rings (SSSR count). The fourth-order valence-electron chi connectivity index (χ4n) is 2.04. The highest BCUT2D eigenvalue weighted by Gasteiger charge is 2.41. The predicted octanol–water partition coefficient (Wildman–Crippen LogP) is 3.48. The van der Waals surface area contributed by atoms with Crippen molar-refractivity contribution < 1.29 is 5.11 Å². The van der Waals surface area contributed by atoms with Crippen molar-refractivity contribution in [2.24, 2.45) is 0 Å². The average molecular weight is 254 g/mol. The second kappa shape index (κ2) is 5.48. The second-order valence-corrected chi connectivity index (χ2v) is 6.95. The molecule has 1 saturated heterocycles. The van der Waals surface area contributed by atoms with Crippen molar-refractivity contribution in [2.45, 2.75) is 29.9 Å². The van der Waals surface area contributed by atoms with E-state index in [9.17, 15) is 5.11 Å². The van der Waals surface area contributed by atoms with Crippen LogP contribution in [0, 0.1) is 0 Å². The Bertz CT molecular complexity index is 320. The maximum Gasteiger partial charge on any atom is 0.112 e. The van der Waals surface area contributed by atoms with Gasteiger partial charge in [0.15, 0.2) is 0 Å². The summed E-state index contributed by atoms with van der Waals surface area (Å²) in [6.07, 6.45) is 1.81. The van der Waals surface area contributed by atoms with Gasteiger partial charge in [-0.3, -0.25) is 0 Å². The van der Waals surface area contributed by atoms with Gasteiger partial charge in [-0.15, -0.1) is 23.5 Å². The smallest absolute Gasteiger partial charge is 0.112 e. The Labute approximate surface area is 106 Å². The van der Waals surface area contributed by atoms with Crippen LogP contribution in [0.2, 0.25) is 0 Å². The van der Waals surface area contributed by atoms with E-state index in [1.54, 1.807) is 0 Å². The third-order valence-electron chi connectivity index (χ3n) is 2.92. The molecular formula is C13H18OS2. The van der Waals surface area contributed by atoms with Crippen LogP contribution < -0.4 is 0 Å². The van der Waals surface area contributed by atoms with Crippen molar-refractivity contribution in [3.05, 3.63) is 35.9 Å². The second-order valence-electron chi connectivity index (χ2n) is 4.01. The third kappa shape index (κ3) is 2.27. The van der Waals surface area contributed by atoms with E-state index in [2.05, 4.69) is 31.2 Å². The summed E-state index contributed by atoms with van der Waals surface area (Å²) in [6.45, 7) is 2.06. The predicted molar refractivity (Wildman–Crippen MR) is 74.0 cm³/mol. The minimum Gasteiger partial charge on any atom is -0.390 e. The molecule has 1 aliphatic heterocycles. The number of hydrogen-bond acceptors (Lipinski definition) is 3. The third-order valence-corrected chi connectivity index (χ3v) is 6.49. The Hall–Kier alpha value is -0.120. The quantitative estimate of drug-likeness (QED) is 0.892. The van der Waals surface area contributed by atoms with Crippen molar-refractivity contribution in [1.82, 2.24) is 0 Å². The van der Waals surface area contributed by atoms with E-state index in [0.717, 1.165) is 17.9 Å². The van der Waals surface area contributed by atoms with Gasteiger partial charge in [-0.25, -0.2) is 0 Å². The van der Waals surface area contributed by atoms with Crippen molar-refractivity contribution in [3.8, 4) is 0 Å². The highest BCUT2D eigenvalue weighted by Crippen LogP contribution is 2.53. The van der Waals surface area contributed by atoms with Gasteiger partial charge in [0.25, 0.3) is 0 Å². The van der Waals surface area contributed by atoms with Gasteiger partial charge in [-0.1, -0.05) is 37.3 Å². The molecule has 0 amide bonds. The zero-order chi connectivity index (χ0) is 11.4. The fourth-order valence-corrected chi connectivity index (χ4v) is 5.56. The first-order valence-corrected chi connectivity index (χ1v) is 7.78. The first-order chi connectivity index (χ1) is 7.79. The van der Waals surface area contributed by atoms with Crippen LogP contribution in [0.25, 0.3) is 0 Å². The molecular weight excluding hydrogens is 236 g/mol. The summed E-state index contributed by atoms with van der Waals surface area (Å²) in [6, 6.07) is 10.5. The molecule has 0 bridgehead atoms. The molecule has 1 N–H and O–H groups in total. The summed E-state index contributed by atoms with van der Waals surface area (Å²) >= 11 is 3.82. The van der Waals surface area contributed by atoms with Crippen molar-refractivity contribution >= 4 is 23.5 Å². The lowest BCUT2D eigenvalue weighted by Crippen LogP contribution is -2.35. The standard InChI is InChI=1S/C13H18OS2/c1-2-12(14)13(15-9-6-10-16-13)11-7-4-3-5-8-11/h3-5,7-8,12,14H,2,6,9-10H2,1H3. The van der Waals surface area contributed by atoms with Gasteiger partial charge in [0.2, 0.25) is 0 Å². The van der Waals surface area contributed by atoms with Crippen LogP contribution in [0.3, 0.4) is 0 Å². The lowest BCUT2D eigenvalue weighted by atomic mass is 10.0. The monoisotopic (exact) mass is 254 g/mol. The van der Waals surface area contributed by atoms with Gasteiger partial charge >= 0.3 is 0 Å². The van der Waals surface area contributed by atoms with Crippen LogP contribution in [0.1, 0.15) is 25.3 Å². The summed E-state index contributed by atoms with van der Waals surface area (Å²) in [5, 5.41) is 10.3.